The number of aryl methyl sites for hydroxylation is 2. The number of nitrogens with zero attached hydrogens (tertiary/aromatic N) is 5. The first kappa shape index (κ1) is 16.5. The highest BCUT2D eigenvalue weighted by atomic mass is 32.2. The number of para-hydroxylation sites is 1. The molecule has 0 aliphatic rings. The van der Waals surface area contributed by atoms with Gasteiger partial charge in [-0.25, -0.2) is 4.98 Å². The van der Waals surface area contributed by atoms with Gasteiger partial charge in [-0.1, -0.05) is 48.2 Å². The van der Waals surface area contributed by atoms with Crippen LogP contribution in [0.1, 0.15) is 16.8 Å². The number of oxazole rings is 1. The molecule has 26 heavy (non-hydrogen) atoms. The highest BCUT2D eigenvalue weighted by Crippen LogP contribution is 2.26. The molecule has 0 spiro atoms. The lowest BCUT2D eigenvalue weighted by Crippen LogP contribution is -2.04. The van der Waals surface area contributed by atoms with Crippen molar-refractivity contribution in [2.45, 2.75) is 24.8 Å². The molecule has 4 aromatic rings. The standard InChI is InChI=1S/C19H17N5OS/c1-13-7-6-8-14(2)17(13)24-19(21-22-23-24)26-12-16-11-25-18(20-16)15-9-4-3-5-10-15/h3-11H,12H2,1-2H3. The third-order valence-corrected chi connectivity index (χ3v) is 4.97. The van der Waals surface area contributed by atoms with Crippen molar-refractivity contribution in [1.29, 1.82) is 0 Å². The minimum atomic E-state index is 0.621. The van der Waals surface area contributed by atoms with Gasteiger partial charge >= 0.3 is 0 Å². The lowest BCUT2D eigenvalue weighted by molar-refractivity contribution is 0.573. The zero-order chi connectivity index (χ0) is 17.9. The lowest BCUT2D eigenvalue weighted by Gasteiger charge is -2.10. The molecule has 6 nitrogen and oxygen atoms in total. The Morgan fingerprint density at radius 1 is 1.00 bits per heavy atom. The fourth-order valence-electron chi connectivity index (χ4n) is 2.77. The van der Waals surface area contributed by atoms with Crippen LogP contribution in [0.15, 0.2) is 64.4 Å². The third-order valence-electron chi connectivity index (χ3n) is 4.01. The maximum absolute atomic E-state index is 5.59. The Bertz CT molecular complexity index is 1010. The van der Waals surface area contributed by atoms with Crippen LogP contribution >= 0.6 is 11.8 Å². The quantitative estimate of drug-likeness (QED) is 0.494. The zero-order valence-corrected chi connectivity index (χ0v) is 15.3. The maximum Gasteiger partial charge on any atom is 0.226 e. The number of rotatable bonds is 5. The van der Waals surface area contributed by atoms with Crippen LogP contribution in [0.5, 0.6) is 0 Å². The Kier molecular flexibility index (Phi) is 4.53. The molecule has 0 bridgehead atoms. The van der Waals surface area contributed by atoms with Crippen molar-refractivity contribution in [3.05, 3.63) is 71.6 Å². The minimum Gasteiger partial charge on any atom is -0.444 e. The van der Waals surface area contributed by atoms with Gasteiger partial charge in [0.2, 0.25) is 11.0 Å². The Hall–Kier alpha value is -2.93. The first-order valence-electron chi connectivity index (χ1n) is 8.20. The highest BCUT2D eigenvalue weighted by molar-refractivity contribution is 7.98. The van der Waals surface area contributed by atoms with E-state index in [2.05, 4.69) is 46.5 Å². The van der Waals surface area contributed by atoms with E-state index in [1.54, 1.807) is 10.9 Å². The molecule has 0 fully saturated rings. The first-order valence-corrected chi connectivity index (χ1v) is 9.18. The van der Waals surface area contributed by atoms with Crippen molar-refractivity contribution < 1.29 is 4.42 Å². The van der Waals surface area contributed by atoms with Crippen molar-refractivity contribution in [1.82, 2.24) is 25.2 Å². The summed E-state index contributed by atoms with van der Waals surface area (Å²) in [6.45, 7) is 4.12. The van der Waals surface area contributed by atoms with Gasteiger partial charge < -0.3 is 4.42 Å². The Balaban J connectivity index is 1.54. The second kappa shape index (κ2) is 7.13. The van der Waals surface area contributed by atoms with Crippen LogP contribution in [0.3, 0.4) is 0 Å². The summed E-state index contributed by atoms with van der Waals surface area (Å²) >= 11 is 1.53. The summed E-state index contributed by atoms with van der Waals surface area (Å²) in [6, 6.07) is 16.0. The molecule has 0 unspecified atom stereocenters. The first-order chi connectivity index (χ1) is 12.7. The fraction of sp³-hybridized carbons (Fsp3) is 0.158. The molecule has 0 atom stereocenters. The molecule has 0 aliphatic heterocycles. The molecule has 0 saturated carbocycles. The molecule has 0 amide bonds. The van der Waals surface area contributed by atoms with Crippen LogP contribution in [0.25, 0.3) is 17.1 Å². The van der Waals surface area contributed by atoms with E-state index in [0.29, 0.717) is 11.6 Å². The zero-order valence-electron chi connectivity index (χ0n) is 14.5. The third kappa shape index (κ3) is 3.25. The van der Waals surface area contributed by atoms with E-state index in [1.165, 1.54) is 11.8 Å². The number of aromatic nitrogens is 5. The monoisotopic (exact) mass is 363 g/mol. The van der Waals surface area contributed by atoms with Crippen molar-refractivity contribution >= 4 is 11.8 Å². The largest absolute Gasteiger partial charge is 0.444 e. The van der Waals surface area contributed by atoms with Crippen LogP contribution in [-0.2, 0) is 5.75 Å². The van der Waals surface area contributed by atoms with Crippen molar-refractivity contribution in [2.75, 3.05) is 0 Å². The van der Waals surface area contributed by atoms with Crippen LogP contribution in [0.2, 0.25) is 0 Å². The summed E-state index contributed by atoms with van der Waals surface area (Å²) in [4.78, 5) is 4.55. The predicted octanol–water partition coefficient (Wildman–Crippen LogP) is 4.23. The van der Waals surface area contributed by atoms with Crippen molar-refractivity contribution in [2.24, 2.45) is 0 Å². The molecule has 4 rings (SSSR count). The normalized spacial score (nSPS) is 11.0. The molecular weight excluding hydrogens is 346 g/mol. The van der Waals surface area contributed by atoms with Crippen molar-refractivity contribution in [3.63, 3.8) is 0 Å². The van der Waals surface area contributed by atoms with Gasteiger partial charge in [-0.3, -0.25) is 0 Å². The summed E-state index contributed by atoms with van der Waals surface area (Å²) in [7, 11) is 0. The van der Waals surface area contributed by atoms with Gasteiger partial charge in [-0.2, -0.15) is 4.68 Å². The second-order valence-corrected chi connectivity index (χ2v) is 6.85. The summed E-state index contributed by atoms with van der Waals surface area (Å²) < 4.78 is 7.38. The van der Waals surface area contributed by atoms with Crippen molar-refractivity contribution in [3.8, 4) is 17.1 Å². The molecule has 0 N–H and O–H groups in total. The SMILES string of the molecule is Cc1cccc(C)c1-n1nnnc1SCc1coc(-c2ccccc2)n1. The van der Waals surface area contributed by atoms with Gasteiger partial charge in [0, 0.05) is 11.3 Å². The summed E-state index contributed by atoms with van der Waals surface area (Å²) in [5.74, 6) is 1.25. The highest BCUT2D eigenvalue weighted by Gasteiger charge is 2.14. The predicted molar refractivity (Wildman–Crippen MR) is 100 cm³/mol. The lowest BCUT2D eigenvalue weighted by atomic mass is 10.1. The van der Waals surface area contributed by atoms with E-state index in [4.69, 9.17) is 4.42 Å². The Morgan fingerprint density at radius 3 is 2.54 bits per heavy atom. The molecule has 2 aromatic carbocycles. The van der Waals surface area contributed by atoms with Crippen LogP contribution < -0.4 is 0 Å². The van der Waals surface area contributed by atoms with E-state index in [9.17, 15) is 0 Å². The number of hydrogen-bond donors (Lipinski definition) is 0. The minimum absolute atomic E-state index is 0.621. The number of tetrazole rings is 1. The van der Waals surface area contributed by atoms with Gasteiger partial charge in [0.15, 0.2) is 0 Å². The van der Waals surface area contributed by atoms with Crippen LogP contribution in [0.4, 0.5) is 0 Å². The van der Waals surface area contributed by atoms with Gasteiger partial charge in [0.25, 0.3) is 0 Å². The molecule has 0 aliphatic carbocycles. The van der Waals surface area contributed by atoms with Gasteiger partial charge in [-0.15, -0.1) is 5.10 Å². The average molecular weight is 363 g/mol. The molecule has 130 valence electrons. The second-order valence-electron chi connectivity index (χ2n) is 5.91. The average Bonchev–Trinajstić information content (AvgIpc) is 3.30. The van der Waals surface area contributed by atoms with E-state index in [0.717, 1.165) is 33.2 Å². The van der Waals surface area contributed by atoms with E-state index in [1.807, 2.05) is 36.4 Å². The topological polar surface area (TPSA) is 69.6 Å². The van der Waals surface area contributed by atoms with E-state index in [-0.39, 0.29) is 0 Å². The van der Waals surface area contributed by atoms with E-state index >= 15 is 0 Å². The van der Waals surface area contributed by atoms with Crippen LogP contribution in [-0.4, -0.2) is 25.2 Å². The summed E-state index contributed by atoms with van der Waals surface area (Å²) in [5.41, 5.74) is 5.10. The summed E-state index contributed by atoms with van der Waals surface area (Å²) in [6.07, 6.45) is 1.68. The van der Waals surface area contributed by atoms with Crippen LogP contribution in [0, 0.1) is 13.8 Å². The molecule has 0 radical (unpaired) electrons. The fourth-order valence-corrected chi connectivity index (χ4v) is 3.53. The Morgan fingerprint density at radius 2 is 1.77 bits per heavy atom. The number of hydrogen-bond acceptors (Lipinski definition) is 6. The van der Waals surface area contributed by atoms with Gasteiger partial charge in [-0.05, 0) is 47.5 Å². The maximum atomic E-state index is 5.59. The molecular formula is C19H17N5OS. The van der Waals surface area contributed by atoms with E-state index < -0.39 is 0 Å². The summed E-state index contributed by atoms with van der Waals surface area (Å²) in [5, 5.41) is 12.9. The number of benzene rings is 2. The van der Waals surface area contributed by atoms with Gasteiger partial charge in [0.05, 0.1) is 11.4 Å². The Labute approximate surface area is 155 Å². The smallest absolute Gasteiger partial charge is 0.226 e. The molecule has 2 aromatic heterocycles. The van der Waals surface area contributed by atoms with Gasteiger partial charge in [0.1, 0.15) is 6.26 Å². The molecule has 0 saturated heterocycles. The molecule has 2 heterocycles. The molecule has 7 heteroatoms. The number of thioether (sulfide) groups is 1.